The SMILES string of the molecule is C=C([NH3+])/C=C(/C)C(=C)N1CCCCC1=O.CC.CO. The van der Waals surface area contributed by atoms with E-state index < -0.39 is 0 Å². The van der Waals surface area contributed by atoms with Crippen LogP contribution in [0.15, 0.2) is 36.2 Å². The highest BCUT2D eigenvalue weighted by molar-refractivity contribution is 5.79. The third-order valence-electron chi connectivity index (χ3n) is 2.53. The zero-order valence-corrected chi connectivity index (χ0v) is 12.8. The Morgan fingerprint density at radius 3 is 2.26 bits per heavy atom. The molecule has 4 nitrogen and oxygen atoms in total. The summed E-state index contributed by atoms with van der Waals surface area (Å²) in [7, 11) is 1.00. The van der Waals surface area contributed by atoms with Crippen molar-refractivity contribution in [2.24, 2.45) is 0 Å². The van der Waals surface area contributed by atoms with Crippen LogP contribution in [0.5, 0.6) is 0 Å². The van der Waals surface area contributed by atoms with Gasteiger partial charge in [-0.1, -0.05) is 20.4 Å². The fraction of sp³-hybridized carbons (Fsp3) is 0.533. The molecule has 0 saturated carbocycles. The number of carbonyl (C=O) groups is 1. The van der Waals surface area contributed by atoms with E-state index in [1.54, 1.807) is 4.90 Å². The molecule has 0 aromatic rings. The molecule has 4 N–H and O–H groups in total. The van der Waals surface area contributed by atoms with Crippen LogP contribution in [0, 0.1) is 0 Å². The lowest BCUT2D eigenvalue weighted by Gasteiger charge is -2.28. The van der Waals surface area contributed by atoms with E-state index in [9.17, 15) is 4.79 Å². The number of piperidine rings is 1. The minimum absolute atomic E-state index is 0.175. The summed E-state index contributed by atoms with van der Waals surface area (Å²) in [5.74, 6) is 0.175. The van der Waals surface area contributed by atoms with E-state index in [4.69, 9.17) is 5.11 Å². The Morgan fingerprint density at radius 1 is 1.32 bits per heavy atom. The van der Waals surface area contributed by atoms with E-state index in [0.29, 0.717) is 6.42 Å². The smallest absolute Gasteiger partial charge is 0.226 e. The molecule has 4 heteroatoms. The lowest BCUT2D eigenvalue weighted by molar-refractivity contribution is -0.294. The number of aliphatic hydroxyl groups excluding tert-OH is 1. The van der Waals surface area contributed by atoms with Gasteiger partial charge in [0, 0.05) is 31.8 Å². The second-order valence-corrected chi connectivity index (χ2v) is 3.93. The topological polar surface area (TPSA) is 68.2 Å². The molecular weight excluding hydrogens is 240 g/mol. The number of quaternary nitrogens is 1. The Hall–Kier alpha value is -1.39. The lowest BCUT2D eigenvalue weighted by atomic mass is 10.1. The van der Waals surface area contributed by atoms with Crippen molar-refractivity contribution in [3.8, 4) is 0 Å². The molecule has 1 saturated heterocycles. The Kier molecular flexibility index (Phi) is 12.3. The Morgan fingerprint density at radius 2 is 1.84 bits per heavy atom. The van der Waals surface area contributed by atoms with Crippen LogP contribution in [0.4, 0.5) is 0 Å². The molecule has 0 spiro atoms. The summed E-state index contributed by atoms with van der Waals surface area (Å²) in [4.78, 5) is 13.4. The summed E-state index contributed by atoms with van der Waals surface area (Å²) in [6.45, 7) is 14.4. The number of nitrogens with zero attached hydrogens (tertiary/aromatic N) is 1. The third-order valence-corrected chi connectivity index (χ3v) is 2.53. The first-order valence-corrected chi connectivity index (χ1v) is 6.66. The number of allylic oxidation sites excluding steroid dienone is 2. The van der Waals surface area contributed by atoms with E-state index in [1.165, 1.54) is 0 Å². The summed E-state index contributed by atoms with van der Waals surface area (Å²) < 4.78 is 0. The van der Waals surface area contributed by atoms with Gasteiger partial charge >= 0.3 is 0 Å². The van der Waals surface area contributed by atoms with Crippen LogP contribution in [0.2, 0.25) is 0 Å². The second kappa shape index (κ2) is 11.7. The standard InChI is InChI=1S/C12H18N2O.C2H6.CH4O/c1-9(8-10(2)13)11(3)14-7-5-4-6-12(14)15;2*1-2/h8H,2-7,13H2,1H3;1-2H3;2H,1H3/p+1/b9-8-;;. The number of hydrogen-bond donors (Lipinski definition) is 2. The zero-order chi connectivity index (χ0) is 15.4. The molecule has 19 heavy (non-hydrogen) atoms. The first-order valence-electron chi connectivity index (χ1n) is 6.66. The number of likely N-dealkylation sites (tertiary alicyclic amines) is 1. The molecular formula is C15H29N2O2+. The number of hydrogen-bond acceptors (Lipinski definition) is 2. The monoisotopic (exact) mass is 269 g/mol. The molecule has 1 fully saturated rings. The Labute approximate surface area is 117 Å². The Balaban J connectivity index is 0. The predicted octanol–water partition coefficient (Wildman–Crippen LogP) is 1.85. The van der Waals surface area contributed by atoms with Gasteiger partial charge in [0.15, 0.2) is 0 Å². The molecule has 1 heterocycles. The highest BCUT2D eigenvalue weighted by atomic mass is 16.2. The number of amides is 1. The summed E-state index contributed by atoms with van der Waals surface area (Å²) in [5, 5.41) is 7.00. The quantitative estimate of drug-likeness (QED) is 0.768. The van der Waals surface area contributed by atoms with E-state index in [-0.39, 0.29) is 5.91 Å². The van der Waals surface area contributed by atoms with Crippen LogP contribution in [-0.4, -0.2) is 29.6 Å². The molecule has 0 bridgehead atoms. The van der Waals surface area contributed by atoms with Gasteiger partial charge < -0.3 is 15.7 Å². The van der Waals surface area contributed by atoms with Crippen LogP contribution < -0.4 is 5.73 Å². The van der Waals surface area contributed by atoms with Gasteiger partial charge in [-0.15, -0.1) is 0 Å². The largest absolute Gasteiger partial charge is 0.400 e. The molecule has 0 atom stereocenters. The van der Waals surface area contributed by atoms with Crippen molar-refractivity contribution >= 4 is 5.91 Å². The fourth-order valence-electron chi connectivity index (χ4n) is 1.69. The minimum Gasteiger partial charge on any atom is -0.400 e. The van der Waals surface area contributed by atoms with Crippen molar-refractivity contribution in [1.82, 2.24) is 4.90 Å². The zero-order valence-electron chi connectivity index (χ0n) is 12.8. The molecule has 0 aliphatic carbocycles. The second-order valence-electron chi connectivity index (χ2n) is 3.93. The van der Waals surface area contributed by atoms with E-state index in [1.807, 2.05) is 26.8 Å². The van der Waals surface area contributed by atoms with Gasteiger partial charge in [0.05, 0.1) is 0 Å². The van der Waals surface area contributed by atoms with Crippen molar-refractivity contribution in [2.45, 2.75) is 40.0 Å². The molecule has 0 aromatic carbocycles. The van der Waals surface area contributed by atoms with Crippen molar-refractivity contribution in [3.05, 3.63) is 36.2 Å². The first kappa shape index (κ1) is 19.9. The lowest BCUT2D eigenvalue weighted by Crippen LogP contribution is -2.46. The van der Waals surface area contributed by atoms with Crippen molar-refractivity contribution in [3.63, 3.8) is 0 Å². The van der Waals surface area contributed by atoms with E-state index >= 15 is 0 Å². The van der Waals surface area contributed by atoms with Crippen molar-refractivity contribution in [2.75, 3.05) is 13.7 Å². The predicted molar refractivity (Wildman–Crippen MR) is 80.0 cm³/mol. The molecule has 1 aliphatic rings. The van der Waals surface area contributed by atoms with Crippen LogP contribution in [0.3, 0.4) is 0 Å². The van der Waals surface area contributed by atoms with Crippen molar-refractivity contribution in [1.29, 1.82) is 0 Å². The summed E-state index contributed by atoms with van der Waals surface area (Å²) in [6.07, 6.45) is 4.54. The molecule has 110 valence electrons. The third kappa shape index (κ3) is 7.59. The minimum atomic E-state index is 0.175. The summed E-state index contributed by atoms with van der Waals surface area (Å²) in [6, 6.07) is 0. The molecule has 1 amide bonds. The average Bonchev–Trinajstić information content (AvgIpc) is 2.42. The molecule has 1 rings (SSSR count). The highest BCUT2D eigenvalue weighted by Gasteiger charge is 2.20. The van der Waals surface area contributed by atoms with Gasteiger partial charge in [-0.2, -0.15) is 0 Å². The Bertz CT molecular complexity index is 333. The number of rotatable bonds is 3. The number of aliphatic hydroxyl groups is 1. The van der Waals surface area contributed by atoms with Gasteiger partial charge in [0.25, 0.3) is 0 Å². The van der Waals surface area contributed by atoms with Crippen LogP contribution in [0.1, 0.15) is 40.0 Å². The molecule has 0 aromatic heterocycles. The molecule has 0 unspecified atom stereocenters. The maximum Gasteiger partial charge on any atom is 0.226 e. The number of carbonyl (C=O) groups excluding carboxylic acids is 1. The summed E-state index contributed by atoms with van der Waals surface area (Å²) in [5.41, 5.74) is 6.19. The van der Waals surface area contributed by atoms with E-state index in [0.717, 1.165) is 43.5 Å². The fourth-order valence-corrected chi connectivity index (χ4v) is 1.69. The van der Waals surface area contributed by atoms with Crippen LogP contribution >= 0.6 is 0 Å². The maximum absolute atomic E-state index is 11.6. The van der Waals surface area contributed by atoms with Gasteiger partial charge in [-0.25, -0.2) is 0 Å². The van der Waals surface area contributed by atoms with Gasteiger partial charge in [0.1, 0.15) is 5.70 Å². The van der Waals surface area contributed by atoms with Crippen LogP contribution in [-0.2, 0) is 4.79 Å². The normalized spacial score (nSPS) is 14.7. The van der Waals surface area contributed by atoms with Gasteiger partial charge in [-0.3, -0.25) is 4.79 Å². The summed E-state index contributed by atoms with van der Waals surface area (Å²) >= 11 is 0. The van der Waals surface area contributed by atoms with Crippen LogP contribution in [0.25, 0.3) is 0 Å². The maximum atomic E-state index is 11.6. The first-order chi connectivity index (χ1) is 9.02. The highest BCUT2D eigenvalue weighted by Crippen LogP contribution is 2.20. The molecule has 1 aliphatic heterocycles. The van der Waals surface area contributed by atoms with Crippen molar-refractivity contribution < 1.29 is 15.6 Å². The van der Waals surface area contributed by atoms with Gasteiger partial charge in [0.2, 0.25) is 5.91 Å². The van der Waals surface area contributed by atoms with E-state index in [2.05, 4.69) is 18.9 Å². The van der Waals surface area contributed by atoms with Gasteiger partial charge in [-0.05, 0) is 31.9 Å². The molecule has 0 radical (unpaired) electrons. The average molecular weight is 269 g/mol.